The smallest absolute Gasteiger partial charge is 0.326 e. The molecule has 86 valence electrons. The zero-order valence-electron chi connectivity index (χ0n) is 8.84. The van der Waals surface area contributed by atoms with Crippen molar-refractivity contribution < 1.29 is 19.2 Å². The molecule has 1 aliphatic heterocycles. The lowest BCUT2D eigenvalue weighted by molar-refractivity contribution is -0.141. The normalized spacial score (nSPS) is 20.1. The van der Waals surface area contributed by atoms with Crippen LogP contribution in [-0.4, -0.2) is 39.6 Å². The highest BCUT2D eigenvalue weighted by atomic mass is 16.5. The van der Waals surface area contributed by atoms with Gasteiger partial charge in [-0.2, -0.15) is 0 Å². The van der Waals surface area contributed by atoms with Gasteiger partial charge in [-0.05, 0) is 19.8 Å². The van der Waals surface area contributed by atoms with Gasteiger partial charge in [-0.1, -0.05) is 5.16 Å². The topological polar surface area (TPSA) is 83.6 Å². The summed E-state index contributed by atoms with van der Waals surface area (Å²) < 4.78 is 4.80. The second-order valence-corrected chi connectivity index (χ2v) is 3.79. The number of carbonyl (C=O) groups excluding carboxylic acids is 1. The van der Waals surface area contributed by atoms with Crippen molar-refractivity contribution >= 4 is 11.9 Å². The van der Waals surface area contributed by atoms with Gasteiger partial charge in [-0.25, -0.2) is 4.79 Å². The Labute approximate surface area is 91.8 Å². The molecule has 1 amide bonds. The summed E-state index contributed by atoms with van der Waals surface area (Å²) in [6, 6.07) is -0.721. The van der Waals surface area contributed by atoms with Gasteiger partial charge in [0.15, 0.2) is 0 Å². The monoisotopic (exact) mass is 224 g/mol. The number of likely N-dealkylation sites (tertiary alicyclic amines) is 1. The molecule has 16 heavy (non-hydrogen) atoms. The van der Waals surface area contributed by atoms with E-state index >= 15 is 0 Å². The van der Waals surface area contributed by atoms with Gasteiger partial charge in [0.1, 0.15) is 17.4 Å². The maximum absolute atomic E-state index is 12.0. The van der Waals surface area contributed by atoms with Crippen LogP contribution in [0, 0.1) is 6.92 Å². The molecule has 1 atom stereocenters. The third-order valence-corrected chi connectivity index (χ3v) is 2.78. The lowest BCUT2D eigenvalue weighted by Crippen LogP contribution is -2.40. The Morgan fingerprint density at radius 3 is 2.94 bits per heavy atom. The number of hydrogen-bond acceptors (Lipinski definition) is 4. The quantitative estimate of drug-likeness (QED) is 0.798. The minimum atomic E-state index is -0.958. The Bertz CT molecular complexity index is 426. The van der Waals surface area contributed by atoms with E-state index in [1.165, 1.54) is 11.1 Å². The molecule has 1 aromatic rings. The molecule has 1 saturated heterocycles. The molecule has 1 N–H and O–H groups in total. The Hall–Kier alpha value is -1.85. The van der Waals surface area contributed by atoms with Crippen molar-refractivity contribution in [2.45, 2.75) is 25.8 Å². The predicted molar refractivity (Wildman–Crippen MR) is 52.9 cm³/mol. The van der Waals surface area contributed by atoms with Gasteiger partial charge in [-0.15, -0.1) is 0 Å². The molecular weight excluding hydrogens is 212 g/mol. The largest absolute Gasteiger partial charge is 0.480 e. The molecule has 0 spiro atoms. The summed E-state index contributed by atoms with van der Waals surface area (Å²) in [6.07, 6.45) is 2.55. The van der Waals surface area contributed by atoms with Crippen molar-refractivity contribution in [2.75, 3.05) is 6.54 Å². The Morgan fingerprint density at radius 2 is 2.38 bits per heavy atom. The number of amides is 1. The lowest BCUT2D eigenvalue weighted by Gasteiger charge is -2.20. The van der Waals surface area contributed by atoms with Gasteiger partial charge in [0.05, 0.1) is 6.20 Å². The van der Waals surface area contributed by atoms with E-state index in [0.29, 0.717) is 30.7 Å². The third kappa shape index (κ3) is 1.66. The summed E-state index contributed by atoms with van der Waals surface area (Å²) in [5, 5.41) is 12.5. The van der Waals surface area contributed by atoms with E-state index < -0.39 is 12.0 Å². The maximum atomic E-state index is 12.0. The van der Waals surface area contributed by atoms with Gasteiger partial charge < -0.3 is 14.5 Å². The first-order chi connectivity index (χ1) is 7.61. The molecule has 1 aromatic heterocycles. The highest BCUT2D eigenvalue weighted by molar-refractivity contribution is 5.97. The number of rotatable bonds is 2. The molecule has 0 bridgehead atoms. The van der Waals surface area contributed by atoms with Crippen molar-refractivity contribution in [2.24, 2.45) is 0 Å². The molecule has 0 aromatic carbocycles. The van der Waals surface area contributed by atoms with E-state index in [1.807, 2.05) is 0 Å². The average Bonchev–Trinajstić information content (AvgIpc) is 2.84. The van der Waals surface area contributed by atoms with Crippen molar-refractivity contribution in [3.8, 4) is 0 Å². The van der Waals surface area contributed by atoms with Crippen LogP contribution in [0.15, 0.2) is 10.7 Å². The predicted octanol–water partition coefficient (Wildman–Crippen LogP) is 0.672. The molecular formula is C10H12N2O4. The first-order valence-electron chi connectivity index (χ1n) is 5.06. The zero-order valence-corrected chi connectivity index (χ0v) is 8.84. The number of aryl methyl sites for hydroxylation is 1. The summed E-state index contributed by atoms with van der Waals surface area (Å²) in [7, 11) is 0. The molecule has 6 nitrogen and oxygen atoms in total. The van der Waals surface area contributed by atoms with Gasteiger partial charge in [0.25, 0.3) is 5.91 Å². The molecule has 0 aliphatic carbocycles. The second-order valence-electron chi connectivity index (χ2n) is 3.79. The minimum absolute atomic E-state index is 0.316. The van der Waals surface area contributed by atoms with Crippen molar-refractivity contribution in [1.82, 2.24) is 10.1 Å². The van der Waals surface area contributed by atoms with Gasteiger partial charge in [0.2, 0.25) is 0 Å². The van der Waals surface area contributed by atoms with E-state index in [0.717, 1.165) is 0 Å². The second kappa shape index (κ2) is 3.96. The van der Waals surface area contributed by atoms with Crippen LogP contribution in [0.1, 0.15) is 29.0 Å². The summed E-state index contributed by atoms with van der Waals surface area (Å²) in [5.41, 5.74) is 0.341. The van der Waals surface area contributed by atoms with E-state index in [9.17, 15) is 9.59 Å². The van der Waals surface area contributed by atoms with E-state index in [2.05, 4.69) is 5.16 Å². The first kappa shape index (κ1) is 10.7. The molecule has 1 fully saturated rings. The number of carboxylic acid groups (broad SMARTS) is 1. The molecule has 0 unspecified atom stereocenters. The van der Waals surface area contributed by atoms with Crippen LogP contribution in [0.2, 0.25) is 0 Å². The van der Waals surface area contributed by atoms with Crippen LogP contribution in [0.5, 0.6) is 0 Å². The van der Waals surface area contributed by atoms with Crippen molar-refractivity contribution in [3.05, 3.63) is 17.5 Å². The number of carbonyl (C=O) groups is 2. The average molecular weight is 224 g/mol. The fourth-order valence-electron chi connectivity index (χ4n) is 1.93. The summed E-state index contributed by atoms with van der Waals surface area (Å²) in [5.74, 6) is -0.857. The van der Waals surface area contributed by atoms with Crippen LogP contribution in [-0.2, 0) is 4.79 Å². The van der Waals surface area contributed by atoms with Gasteiger partial charge in [-0.3, -0.25) is 4.79 Å². The van der Waals surface area contributed by atoms with Crippen LogP contribution in [0.3, 0.4) is 0 Å². The number of carboxylic acids is 1. The van der Waals surface area contributed by atoms with E-state index in [1.54, 1.807) is 6.92 Å². The van der Waals surface area contributed by atoms with E-state index in [-0.39, 0.29) is 5.91 Å². The standard InChI is InChI=1S/C10H12N2O4/c1-6-7(5-11-16-6)9(13)12-4-2-3-8(12)10(14)15/h5,8H,2-4H2,1H3,(H,14,15)/t8-/m0/s1. The first-order valence-corrected chi connectivity index (χ1v) is 5.06. The van der Waals surface area contributed by atoms with Crippen molar-refractivity contribution in [3.63, 3.8) is 0 Å². The SMILES string of the molecule is Cc1oncc1C(=O)N1CCC[C@H]1C(=O)O. The van der Waals surface area contributed by atoms with Crippen molar-refractivity contribution in [1.29, 1.82) is 0 Å². The minimum Gasteiger partial charge on any atom is -0.480 e. The van der Waals surface area contributed by atoms with Crippen LogP contribution < -0.4 is 0 Å². The molecule has 0 saturated carbocycles. The number of aromatic nitrogens is 1. The number of nitrogens with zero attached hydrogens (tertiary/aromatic N) is 2. The highest BCUT2D eigenvalue weighted by Crippen LogP contribution is 2.21. The summed E-state index contributed by atoms with van der Waals surface area (Å²) in [4.78, 5) is 24.3. The summed E-state index contributed by atoms with van der Waals surface area (Å²) in [6.45, 7) is 2.10. The fourth-order valence-corrected chi connectivity index (χ4v) is 1.93. The molecule has 2 rings (SSSR count). The summed E-state index contributed by atoms with van der Waals surface area (Å²) >= 11 is 0. The fraction of sp³-hybridized carbons (Fsp3) is 0.500. The van der Waals surface area contributed by atoms with Crippen LogP contribution in [0.4, 0.5) is 0 Å². The zero-order chi connectivity index (χ0) is 11.7. The van der Waals surface area contributed by atoms with Crippen LogP contribution >= 0.6 is 0 Å². The number of aliphatic carboxylic acids is 1. The molecule has 0 radical (unpaired) electrons. The van der Waals surface area contributed by atoms with Crippen LogP contribution in [0.25, 0.3) is 0 Å². The lowest BCUT2D eigenvalue weighted by atomic mass is 10.2. The maximum Gasteiger partial charge on any atom is 0.326 e. The molecule has 2 heterocycles. The molecule has 6 heteroatoms. The molecule has 1 aliphatic rings. The Balaban J connectivity index is 2.22. The van der Waals surface area contributed by atoms with Gasteiger partial charge >= 0.3 is 5.97 Å². The Kier molecular flexibility index (Phi) is 2.64. The van der Waals surface area contributed by atoms with E-state index in [4.69, 9.17) is 9.63 Å². The Morgan fingerprint density at radius 1 is 1.62 bits per heavy atom. The van der Waals surface area contributed by atoms with Gasteiger partial charge in [0, 0.05) is 6.54 Å². The third-order valence-electron chi connectivity index (χ3n) is 2.78. The number of hydrogen-bond donors (Lipinski definition) is 1. The highest BCUT2D eigenvalue weighted by Gasteiger charge is 2.35.